The van der Waals surface area contributed by atoms with Crippen LogP contribution in [0.1, 0.15) is 36.2 Å². The summed E-state index contributed by atoms with van der Waals surface area (Å²) in [4.78, 5) is 38.5. The molecule has 7 heteroatoms. The number of rotatable bonds is 5. The molecular weight excluding hydrogens is 372 g/mol. The van der Waals surface area contributed by atoms with Gasteiger partial charge in [0, 0.05) is 18.7 Å². The number of esters is 1. The second-order valence-corrected chi connectivity index (χ2v) is 7.41. The summed E-state index contributed by atoms with van der Waals surface area (Å²) >= 11 is 0. The molecule has 152 valence electrons. The Morgan fingerprint density at radius 1 is 1.17 bits per heavy atom. The molecule has 0 spiro atoms. The third kappa shape index (κ3) is 4.39. The first-order chi connectivity index (χ1) is 13.7. The second-order valence-electron chi connectivity index (χ2n) is 7.41. The Hall–Kier alpha value is -3.35. The van der Waals surface area contributed by atoms with Crippen molar-refractivity contribution in [2.24, 2.45) is 0 Å². The molecule has 7 nitrogen and oxygen atoms in total. The molecule has 1 aliphatic heterocycles. The van der Waals surface area contributed by atoms with Gasteiger partial charge in [0.25, 0.3) is 5.91 Å². The third-order valence-corrected chi connectivity index (χ3v) is 4.66. The van der Waals surface area contributed by atoms with Gasteiger partial charge in [-0.1, -0.05) is 12.1 Å². The van der Waals surface area contributed by atoms with E-state index in [1.165, 1.54) is 7.11 Å². The summed E-state index contributed by atoms with van der Waals surface area (Å²) in [7, 11) is 1.30. The van der Waals surface area contributed by atoms with Crippen molar-refractivity contribution in [1.82, 2.24) is 0 Å². The van der Waals surface area contributed by atoms with Crippen LogP contribution in [0, 0.1) is 6.92 Å². The van der Waals surface area contributed by atoms with E-state index in [-0.39, 0.29) is 24.8 Å². The Morgan fingerprint density at radius 3 is 2.66 bits per heavy atom. The molecule has 0 atom stereocenters. The van der Waals surface area contributed by atoms with Gasteiger partial charge >= 0.3 is 5.97 Å². The number of carbonyl (C=O) groups is 3. The molecule has 0 aromatic heterocycles. The zero-order valence-corrected chi connectivity index (χ0v) is 16.9. The zero-order chi connectivity index (χ0) is 21.2. The topological polar surface area (TPSA) is 84.9 Å². The smallest absolute Gasteiger partial charge is 0.337 e. The maximum absolute atomic E-state index is 12.9. The molecule has 0 bridgehead atoms. The zero-order valence-electron chi connectivity index (χ0n) is 16.9. The molecule has 1 N–H and O–H groups in total. The summed E-state index contributed by atoms with van der Waals surface area (Å²) in [6.07, 6.45) is 0.0949. The van der Waals surface area contributed by atoms with E-state index >= 15 is 0 Å². The van der Waals surface area contributed by atoms with E-state index < -0.39 is 11.6 Å². The first-order valence-electron chi connectivity index (χ1n) is 9.31. The Balaban J connectivity index is 1.72. The number of hydrogen-bond donors (Lipinski definition) is 1. The predicted octanol–water partition coefficient (Wildman–Crippen LogP) is 3.31. The number of fused-ring (bicyclic) bond motifs is 1. The summed E-state index contributed by atoms with van der Waals surface area (Å²) in [6, 6.07) is 12.1. The molecule has 0 unspecified atom stereocenters. The van der Waals surface area contributed by atoms with Crippen LogP contribution in [-0.2, 0) is 14.3 Å². The molecule has 0 saturated carbocycles. The number of methoxy groups -OCH3 is 1. The van der Waals surface area contributed by atoms with Crippen LogP contribution in [0.2, 0.25) is 0 Å². The molecule has 0 fully saturated rings. The fourth-order valence-corrected chi connectivity index (χ4v) is 3.18. The molecule has 0 radical (unpaired) electrons. The quantitative estimate of drug-likeness (QED) is 0.784. The van der Waals surface area contributed by atoms with Crippen molar-refractivity contribution >= 4 is 29.2 Å². The Bertz CT molecular complexity index is 967. The number of nitrogens with zero attached hydrogens (tertiary/aromatic N) is 1. The third-order valence-electron chi connectivity index (χ3n) is 4.66. The highest BCUT2D eigenvalue weighted by Gasteiger charge is 2.40. The molecule has 0 saturated heterocycles. The van der Waals surface area contributed by atoms with E-state index in [4.69, 9.17) is 4.74 Å². The van der Waals surface area contributed by atoms with Crippen LogP contribution in [0.3, 0.4) is 0 Å². The van der Waals surface area contributed by atoms with Crippen molar-refractivity contribution in [3.05, 3.63) is 53.6 Å². The van der Waals surface area contributed by atoms with Crippen LogP contribution in [0.5, 0.6) is 5.75 Å². The van der Waals surface area contributed by atoms with Crippen LogP contribution >= 0.6 is 0 Å². The minimum Gasteiger partial charge on any atom is -0.476 e. The molecule has 2 amide bonds. The van der Waals surface area contributed by atoms with Gasteiger partial charge in [-0.3, -0.25) is 9.59 Å². The van der Waals surface area contributed by atoms with Crippen LogP contribution < -0.4 is 15.0 Å². The first kappa shape index (κ1) is 20.4. The number of hydrogen-bond acceptors (Lipinski definition) is 5. The largest absolute Gasteiger partial charge is 0.476 e. The number of anilines is 2. The Labute approximate surface area is 169 Å². The lowest BCUT2D eigenvalue weighted by atomic mass is 10.0. The monoisotopic (exact) mass is 396 g/mol. The number of aryl methyl sites for hydroxylation is 1. The maximum Gasteiger partial charge on any atom is 0.337 e. The fraction of sp³-hybridized carbons (Fsp3) is 0.318. The Kier molecular flexibility index (Phi) is 5.59. The maximum atomic E-state index is 12.9. The number of nitrogens with one attached hydrogen (secondary N) is 1. The lowest BCUT2D eigenvalue weighted by molar-refractivity contribution is -0.132. The van der Waals surface area contributed by atoms with Gasteiger partial charge in [-0.05, 0) is 56.7 Å². The van der Waals surface area contributed by atoms with Crippen molar-refractivity contribution < 1.29 is 23.9 Å². The van der Waals surface area contributed by atoms with Crippen molar-refractivity contribution in [3.8, 4) is 5.75 Å². The first-order valence-corrected chi connectivity index (χ1v) is 9.31. The fourth-order valence-electron chi connectivity index (χ4n) is 3.18. The van der Waals surface area contributed by atoms with E-state index in [0.29, 0.717) is 22.7 Å². The Morgan fingerprint density at radius 2 is 1.93 bits per heavy atom. The van der Waals surface area contributed by atoms with Gasteiger partial charge in [0.1, 0.15) is 5.75 Å². The van der Waals surface area contributed by atoms with Crippen LogP contribution in [0.4, 0.5) is 11.4 Å². The van der Waals surface area contributed by atoms with Crippen molar-refractivity contribution in [2.75, 3.05) is 23.9 Å². The average Bonchev–Trinajstić information content (AvgIpc) is 2.68. The molecule has 3 rings (SSSR count). The minimum absolute atomic E-state index is 0.0949. The lowest BCUT2D eigenvalue weighted by Gasteiger charge is -2.38. The summed E-state index contributed by atoms with van der Waals surface area (Å²) in [5.41, 5.74) is 1.49. The van der Waals surface area contributed by atoms with Crippen molar-refractivity contribution in [1.29, 1.82) is 0 Å². The van der Waals surface area contributed by atoms with Crippen molar-refractivity contribution in [2.45, 2.75) is 32.8 Å². The highest BCUT2D eigenvalue weighted by molar-refractivity contribution is 6.03. The van der Waals surface area contributed by atoms with Crippen LogP contribution in [0.15, 0.2) is 42.5 Å². The molecule has 2 aromatic rings. The van der Waals surface area contributed by atoms with Gasteiger partial charge in [0.2, 0.25) is 5.91 Å². The molecule has 1 heterocycles. The number of carbonyl (C=O) groups excluding carboxylic acids is 3. The van der Waals surface area contributed by atoms with Gasteiger partial charge in [-0.2, -0.15) is 0 Å². The standard InChI is InChI=1S/C22H24N2O5/c1-14-8-9-18-17(12-14)24(21(27)22(2,3)29-18)11-10-19(25)23-16-7-5-6-15(13-16)20(26)28-4/h5-9,12-13H,10-11H2,1-4H3,(H,23,25). The van der Waals surface area contributed by atoms with Crippen LogP contribution in [-0.4, -0.2) is 37.0 Å². The normalized spacial score (nSPS) is 14.6. The van der Waals surface area contributed by atoms with E-state index in [2.05, 4.69) is 10.1 Å². The van der Waals surface area contributed by atoms with E-state index in [1.807, 2.05) is 25.1 Å². The average molecular weight is 396 g/mol. The van der Waals surface area contributed by atoms with Crippen LogP contribution in [0.25, 0.3) is 0 Å². The number of ether oxygens (including phenoxy) is 2. The van der Waals surface area contributed by atoms with E-state index in [1.54, 1.807) is 43.0 Å². The van der Waals surface area contributed by atoms with Gasteiger partial charge < -0.3 is 19.7 Å². The van der Waals surface area contributed by atoms with Gasteiger partial charge in [0.15, 0.2) is 5.60 Å². The molecule has 29 heavy (non-hydrogen) atoms. The summed E-state index contributed by atoms with van der Waals surface area (Å²) in [5.74, 6) is -0.324. The van der Waals surface area contributed by atoms with Gasteiger partial charge in [-0.25, -0.2) is 4.79 Å². The highest BCUT2D eigenvalue weighted by Crippen LogP contribution is 2.38. The SMILES string of the molecule is COC(=O)c1cccc(NC(=O)CCN2C(=O)C(C)(C)Oc3ccc(C)cc32)c1. The van der Waals surface area contributed by atoms with Gasteiger partial charge in [-0.15, -0.1) is 0 Å². The summed E-state index contributed by atoms with van der Waals surface area (Å²) in [6.45, 7) is 5.57. The minimum atomic E-state index is -1.01. The van der Waals surface area contributed by atoms with E-state index in [9.17, 15) is 14.4 Å². The van der Waals surface area contributed by atoms with Crippen molar-refractivity contribution in [3.63, 3.8) is 0 Å². The highest BCUT2D eigenvalue weighted by atomic mass is 16.5. The van der Waals surface area contributed by atoms with E-state index in [0.717, 1.165) is 5.56 Å². The second kappa shape index (κ2) is 7.95. The molecular formula is C22H24N2O5. The number of amides is 2. The predicted molar refractivity (Wildman–Crippen MR) is 109 cm³/mol. The lowest BCUT2D eigenvalue weighted by Crippen LogP contribution is -2.53. The van der Waals surface area contributed by atoms with Gasteiger partial charge in [0.05, 0.1) is 18.4 Å². The molecule has 2 aromatic carbocycles. The summed E-state index contributed by atoms with van der Waals surface area (Å²) < 4.78 is 10.5. The molecule has 0 aliphatic carbocycles. The number of benzene rings is 2. The summed E-state index contributed by atoms with van der Waals surface area (Å²) in [5, 5.41) is 2.76. The molecule has 1 aliphatic rings.